The highest BCUT2D eigenvalue weighted by Gasteiger charge is 2.28. The number of hydrogen-bond donors (Lipinski definition) is 0. The lowest BCUT2D eigenvalue weighted by Crippen LogP contribution is -2.36. The summed E-state index contributed by atoms with van der Waals surface area (Å²) in [5.41, 5.74) is 3.43. The van der Waals surface area contributed by atoms with E-state index in [1.165, 1.54) is 13.2 Å². The molecule has 7 nitrogen and oxygen atoms in total. The number of benzene rings is 1. The number of nitrogens with zero attached hydrogens (tertiary/aromatic N) is 5. The van der Waals surface area contributed by atoms with Crippen molar-refractivity contribution in [2.45, 2.75) is 25.4 Å². The third-order valence-electron chi connectivity index (χ3n) is 5.64. The van der Waals surface area contributed by atoms with Crippen LogP contribution < -0.4 is 10.8 Å². The van der Waals surface area contributed by atoms with Gasteiger partial charge in [0.05, 0.1) is 25.2 Å². The fourth-order valence-electron chi connectivity index (χ4n) is 3.99. The predicted octanol–water partition coefficient (Wildman–Crippen LogP) is 2.02. The van der Waals surface area contributed by atoms with Crippen LogP contribution in [0.2, 0.25) is 0 Å². The van der Waals surface area contributed by atoms with Crippen molar-refractivity contribution in [1.82, 2.24) is 20.0 Å². The molecule has 3 heterocycles. The number of halogens is 1. The molecule has 1 aliphatic carbocycles. The van der Waals surface area contributed by atoms with Gasteiger partial charge in [0.1, 0.15) is 17.1 Å². The highest BCUT2D eigenvalue weighted by atomic mass is 19.1. The van der Waals surface area contributed by atoms with Crippen molar-refractivity contribution in [2.75, 3.05) is 7.11 Å². The number of rotatable bonds is 4. The Hall–Kier alpha value is -3.68. The van der Waals surface area contributed by atoms with Crippen LogP contribution in [0.4, 0.5) is 4.39 Å². The second kappa shape index (κ2) is 7.86. The molecule has 8 heteroatoms. The second-order valence-corrected chi connectivity index (χ2v) is 7.62. The van der Waals surface area contributed by atoms with Crippen molar-refractivity contribution < 1.29 is 13.9 Å². The van der Waals surface area contributed by atoms with Crippen molar-refractivity contribution in [3.8, 4) is 0 Å². The van der Waals surface area contributed by atoms with Gasteiger partial charge in [0, 0.05) is 11.6 Å². The fraction of sp³-hybridized carbons (Fsp3) is 0.261. The number of hydrogen-bond acceptors (Lipinski definition) is 6. The molecule has 0 amide bonds. The number of carbonyl (C=O) groups is 1. The molecule has 31 heavy (non-hydrogen) atoms. The number of methoxy groups -OCH3 is 1. The van der Waals surface area contributed by atoms with Crippen molar-refractivity contribution in [3.05, 3.63) is 76.5 Å². The first kappa shape index (κ1) is 19.3. The quantitative estimate of drug-likeness (QED) is 0.607. The Morgan fingerprint density at radius 1 is 1.26 bits per heavy atom. The number of pyridine rings is 1. The van der Waals surface area contributed by atoms with Gasteiger partial charge in [-0.25, -0.2) is 9.07 Å². The van der Waals surface area contributed by atoms with Crippen molar-refractivity contribution in [2.24, 2.45) is 10.9 Å². The van der Waals surface area contributed by atoms with E-state index in [-0.39, 0.29) is 12.5 Å². The van der Waals surface area contributed by atoms with E-state index in [9.17, 15) is 9.18 Å². The summed E-state index contributed by atoms with van der Waals surface area (Å²) in [7, 11) is 1.27. The number of fused-ring (bicyclic) bond motifs is 2. The first-order valence-corrected chi connectivity index (χ1v) is 10.1. The molecule has 0 bridgehead atoms. The zero-order valence-electron chi connectivity index (χ0n) is 16.9. The van der Waals surface area contributed by atoms with Crippen molar-refractivity contribution in [1.29, 1.82) is 0 Å². The summed E-state index contributed by atoms with van der Waals surface area (Å²) in [6.07, 6.45) is 7.89. The number of esters is 1. The minimum absolute atomic E-state index is 0.241. The Labute approximate surface area is 177 Å². The average molecular weight is 417 g/mol. The second-order valence-electron chi connectivity index (χ2n) is 7.62. The van der Waals surface area contributed by atoms with Crippen LogP contribution in [0.1, 0.15) is 18.4 Å². The van der Waals surface area contributed by atoms with Crippen LogP contribution in [-0.4, -0.2) is 39.1 Å². The summed E-state index contributed by atoms with van der Waals surface area (Å²) in [4.78, 5) is 20.9. The van der Waals surface area contributed by atoms with Gasteiger partial charge in [-0.3, -0.25) is 14.8 Å². The summed E-state index contributed by atoms with van der Waals surface area (Å²) in [5, 5.41) is 10.3. The normalized spacial score (nSPS) is 20.2. The molecule has 2 unspecified atom stereocenters. The molecule has 1 aromatic carbocycles. The summed E-state index contributed by atoms with van der Waals surface area (Å²) in [6.45, 7) is 0.519. The van der Waals surface area contributed by atoms with Gasteiger partial charge in [0.25, 0.3) is 0 Å². The number of aromatic nitrogens is 4. The molecule has 0 N–H and O–H groups in total. The lowest BCUT2D eigenvalue weighted by atomic mass is 9.91. The van der Waals surface area contributed by atoms with Gasteiger partial charge in [-0.05, 0) is 48.3 Å². The number of carbonyl (C=O) groups excluding carboxylic acids is 1. The van der Waals surface area contributed by atoms with E-state index < -0.39 is 17.7 Å². The molecule has 5 rings (SSSR count). The van der Waals surface area contributed by atoms with Gasteiger partial charge >= 0.3 is 5.97 Å². The van der Waals surface area contributed by atoms with Gasteiger partial charge in [-0.15, -0.1) is 5.10 Å². The van der Waals surface area contributed by atoms with Crippen LogP contribution in [0.25, 0.3) is 17.0 Å². The average Bonchev–Trinajstić information content (AvgIpc) is 3.20. The third-order valence-corrected chi connectivity index (χ3v) is 5.64. The Morgan fingerprint density at radius 3 is 3.00 bits per heavy atom. The lowest BCUT2D eigenvalue weighted by Gasteiger charge is -2.20. The summed E-state index contributed by atoms with van der Waals surface area (Å²) in [5.74, 6) is -1.92. The van der Waals surface area contributed by atoms with Crippen molar-refractivity contribution in [3.63, 3.8) is 0 Å². The molecule has 3 aromatic rings. The van der Waals surface area contributed by atoms with E-state index in [1.807, 2.05) is 36.4 Å². The van der Waals surface area contributed by atoms with Crippen LogP contribution >= 0.6 is 0 Å². The minimum atomic E-state index is -0.869. The monoisotopic (exact) mass is 417 g/mol. The zero-order valence-corrected chi connectivity index (χ0v) is 16.9. The van der Waals surface area contributed by atoms with E-state index in [1.54, 1.807) is 10.9 Å². The maximum Gasteiger partial charge on any atom is 0.315 e. The molecule has 0 saturated heterocycles. The zero-order chi connectivity index (χ0) is 21.4. The minimum Gasteiger partial charge on any atom is -0.468 e. The number of allylic oxidation sites excluding steroid dienone is 1. The topological polar surface area (TPSA) is 82.3 Å². The van der Waals surface area contributed by atoms with Crippen LogP contribution in [0.15, 0.2) is 65.1 Å². The highest BCUT2D eigenvalue weighted by Crippen LogP contribution is 2.29. The molecule has 0 fully saturated rings. The molecule has 156 valence electrons. The van der Waals surface area contributed by atoms with Gasteiger partial charge < -0.3 is 4.74 Å². The molecule has 1 aliphatic heterocycles. The lowest BCUT2D eigenvalue weighted by molar-refractivity contribution is -0.144. The standard InChI is InChI=1S/C23H20FN5O2/c1-31-23(30)17-6-5-16(12-18(17)24)20-8-9-21-22(26-20)29(28-27-21)13-14-4-7-19-15(11-14)3-2-10-25-19/h2-5,7,9-12,17,20H,6,8,13H2,1H3. The van der Waals surface area contributed by atoms with Crippen LogP contribution in [0, 0.1) is 5.92 Å². The molecule has 0 radical (unpaired) electrons. The van der Waals surface area contributed by atoms with E-state index in [0.717, 1.165) is 27.4 Å². The molecule has 2 aromatic heterocycles. The van der Waals surface area contributed by atoms with Gasteiger partial charge in [-0.1, -0.05) is 29.5 Å². The van der Waals surface area contributed by atoms with Crippen LogP contribution in [-0.2, 0) is 16.1 Å². The molecule has 0 saturated carbocycles. The summed E-state index contributed by atoms with van der Waals surface area (Å²) >= 11 is 0. The van der Waals surface area contributed by atoms with Gasteiger partial charge in [0.15, 0.2) is 5.49 Å². The number of ether oxygens (including phenoxy) is 1. The molecule has 2 aliphatic rings. The smallest absolute Gasteiger partial charge is 0.315 e. The van der Waals surface area contributed by atoms with Crippen LogP contribution in [0.5, 0.6) is 0 Å². The van der Waals surface area contributed by atoms with Gasteiger partial charge in [0.2, 0.25) is 0 Å². The first-order chi connectivity index (χ1) is 15.1. The summed E-state index contributed by atoms with van der Waals surface area (Å²) in [6, 6.07) is 9.77. The Bertz CT molecular complexity index is 1360. The van der Waals surface area contributed by atoms with E-state index in [0.29, 0.717) is 18.5 Å². The fourth-order valence-corrected chi connectivity index (χ4v) is 3.99. The molecule has 2 atom stereocenters. The SMILES string of the molecule is COC(=O)C1CC=C(C2CC=c3nnn(Cc4ccc5ncccc5c4)c3=N2)C=C1F. The van der Waals surface area contributed by atoms with E-state index in [2.05, 4.69) is 26.1 Å². The largest absolute Gasteiger partial charge is 0.468 e. The van der Waals surface area contributed by atoms with Crippen LogP contribution in [0.3, 0.4) is 0 Å². The predicted molar refractivity (Wildman–Crippen MR) is 112 cm³/mol. The Balaban J connectivity index is 1.43. The van der Waals surface area contributed by atoms with Crippen molar-refractivity contribution >= 4 is 22.9 Å². The van der Waals surface area contributed by atoms with E-state index in [4.69, 9.17) is 4.99 Å². The summed E-state index contributed by atoms with van der Waals surface area (Å²) < 4.78 is 20.9. The first-order valence-electron chi connectivity index (χ1n) is 10.1. The molecular weight excluding hydrogens is 397 g/mol. The Morgan fingerprint density at radius 2 is 2.16 bits per heavy atom. The van der Waals surface area contributed by atoms with E-state index >= 15 is 0 Å². The highest BCUT2D eigenvalue weighted by molar-refractivity contribution is 5.79. The van der Waals surface area contributed by atoms with Gasteiger partial charge in [-0.2, -0.15) is 0 Å². The maximum atomic E-state index is 14.5. The Kier molecular flexibility index (Phi) is 4.89. The maximum absolute atomic E-state index is 14.5. The molecular formula is C23H20FN5O2. The third kappa shape index (κ3) is 3.65. The molecule has 0 spiro atoms.